The molecule has 0 saturated carbocycles. The van der Waals surface area contributed by atoms with Crippen LogP contribution in [0.15, 0.2) is 200 Å². The second-order valence-electron chi connectivity index (χ2n) is 15.1. The van der Waals surface area contributed by atoms with E-state index >= 15 is 0 Å². The number of hydrogen-bond acceptors (Lipinski definition) is 5. The molecule has 280 valence electrons. The minimum Gasteiger partial charge on any atom is -0.208 e. The zero-order chi connectivity index (χ0) is 39.6. The average Bonchev–Trinajstić information content (AvgIpc) is 3.90. The van der Waals surface area contributed by atoms with Crippen LogP contribution in [-0.4, -0.2) is 15.0 Å². The first kappa shape index (κ1) is 34.7. The summed E-state index contributed by atoms with van der Waals surface area (Å²) in [7, 11) is 0. The van der Waals surface area contributed by atoms with Gasteiger partial charge in [-0.05, 0) is 86.6 Å². The summed E-state index contributed by atoms with van der Waals surface area (Å²) in [6, 6.07) is 71.6. The van der Waals surface area contributed by atoms with Gasteiger partial charge in [0.2, 0.25) is 0 Å². The molecule has 0 N–H and O–H groups in total. The average molecular weight is 800 g/mol. The van der Waals surface area contributed by atoms with Gasteiger partial charge in [0.15, 0.2) is 17.5 Å². The molecule has 3 heterocycles. The fourth-order valence-electron chi connectivity index (χ4n) is 8.70. The van der Waals surface area contributed by atoms with Gasteiger partial charge in [0.25, 0.3) is 0 Å². The maximum atomic E-state index is 5.45. The summed E-state index contributed by atoms with van der Waals surface area (Å²) in [4.78, 5) is 16.3. The van der Waals surface area contributed by atoms with Gasteiger partial charge in [-0.2, -0.15) is 0 Å². The molecule has 12 rings (SSSR count). The monoisotopic (exact) mass is 799 g/mol. The molecule has 3 aromatic heterocycles. The molecule has 0 radical (unpaired) electrons. The smallest absolute Gasteiger partial charge is 0.165 e. The van der Waals surface area contributed by atoms with Crippen LogP contribution < -0.4 is 0 Å². The largest absolute Gasteiger partial charge is 0.208 e. The summed E-state index contributed by atoms with van der Waals surface area (Å²) in [5.41, 5.74) is 9.74. The number of hydrogen-bond donors (Lipinski definition) is 0. The van der Waals surface area contributed by atoms with Crippen molar-refractivity contribution in [2.75, 3.05) is 0 Å². The first-order chi connectivity index (χ1) is 29.7. The molecule has 0 fully saturated rings. The SMILES string of the molecule is c1ccc(-c2cccc(-c3cc(-c4cccc5ccccc45)ccc3-c3nc(-c4cccc5c4sc4ccccc45)nc(-c4cccc5c4sc4ccccc45)n3)c2)cc1. The molecular weight excluding hydrogens is 767 g/mol. The first-order valence-electron chi connectivity index (χ1n) is 20.1. The van der Waals surface area contributed by atoms with E-state index < -0.39 is 0 Å². The quantitative estimate of drug-likeness (QED) is 0.168. The van der Waals surface area contributed by atoms with Gasteiger partial charge in [-0.3, -0.25) is 0 Å². The minimum absolute atomic E-state index is 0.635. The second-order valence-corrected chi connectivity index (χ2v) is 17.2. The summed E-state index contributed by atoms with van der Waals surface area (Å²) < 4.78 is 4.83. The topological polar surface area (TPSA) is 38.7 Å². The first-order valence-corrected chi connectivity index (χ1v) is 21.7. The summed E-state index contributed by atoms with van der Waals surface area (Å²) in [6.07, 6.45) is 0. The maximum absolute atomic E-state index is 5.45. The zero-order valence-electron chi connectivity index (χ0n) is 32.2. The molecule has 60 heavy (non-hydrogen) atoms. The molecule has 0 spiro atoms. The molecule has 0 unspecified atom stereocenters. The van der Waals surface area contributed by atoms with Gasteiger partial charge in [-0.15, -0.1) is 22.7 Å². The fourth-order valence-corrected chi connectivity index (χ4v) is 11.1. The Labute approximate surface area is 354 Å². The van der Waals surface area contributed by atoms with Crippen molar-refractivity contribution < 1.29 is 0 Å². The van der Waals surface area contributed by atoms with Gasteiger partial charge in [0.1, 0.15) is 0 Å². The van der Waals surface area contributed by atoms with Crippen LogP contribution in [0.25, 0.3) is 119 Å². The summed E-state index contributed by atoms with van der Waals surface area (Å²) in [6.45, 7) is 0. The summed E-state index contributed by atoms with van der Waals surface area (Å²) >= 11 is 3.59. The lowest BCUT2D eigenvalue weighted by Crippen LogP contribution is -2.01. The van der Waals surface area contributed by atoms with Gasteiger partial charge in [-0.1, -0.05) is 158 Å². The van der Waals surface area contributed by atoms with E-state index in [1.54, 1.807) is 22.7 Å². The molecule has 9 aromatic carbocycles. The number of fused-ring (bicyclic) bond motifs is 7. The van der Waals surface area contributed by atoms with E-state index in [2.05, 4.69) is 200 Å². The lowest BCUT2D eigenvalue weighted by molar-refractivity contribution is 1.08. The summed E-state index contributed by atoms with van der Waals surface area (Å²) in [5.74, 6) is 1.95. The predicted molar refractivity (Wildman–Crippen MR) is 256 cm³/mol. The van der Waals surface area contributed by atoms with Crippen LogP contribution in [0, 0.1) is 0 Å². The number of benzene rings is 9. The highest BCUT2D eigenvalue weighted by molar-refractivity contribution is 7.26. The van der Waals surface area contributed by atoms with E-state index in [0.29, 0.717) is 17.5 Å². The Kier molecular flexibility index (Phi) is 8.22. The Morgan fingerprint density at radius 3 is 1.42 bits per heavy atom. The van der Waals surface area contributed by atoms with Gasteiger partial charge >= 0.3 is 0 Å². The van der Waals surface area contributed by atoms with Gasteiger partial charge in [0.05, 0.1) is 0 Å². The molecule has 12 aromatic rings. The van der Waals surface area contributed by atoms with Crippen LogP contribution in [0.4, 0.5) is 0 Å². The summed E-state index contributed by atoms with van der Waals surface area (Å²) in [5, 5.41) is 7.34. The standard InChI is InChI=1S/C55H33N3S2/c1-2-14-34(15-3-1)36-18-10-19-37(32-36)48-33-38(40-23-11-17-35-16-4-5-20-39(35)40)30-31-45(48)53-56-54(46-26-12-24-43-41-21-6-8-28-49(41)59-51(43)46)58-55(57-53)47-27-13-25-44-42-22-7-9-29-50(42)60-52(44)47/h1-33H. The Balaban J connectivity index is 1.14. The van der Waals surface area contributed by atoms with Crippen LogP contribution in [0.3, 0.4) is 0 Å². The highest BCUT2D eigenvalue weighted by Crippen LogP contribution is 2.44. The van der Waals surface area contributed by atoms with Crippen molar-refractivity contribution in [3.8, 4) is 67.5 Å². The highest BCUT2D eigenvalue weighted by Gasteiger charge is 2.21. The highest BCUT2D eigenvalue weighted by atomic mass is 32.1. The Bertz CT molecular complexity index is 3480. The number of rotatable bonds is 6. The predicted octanol–water partition coefficient (Wildman–Crippen LogP) is 15.8. The van der Waals surface area contributed by atoms with Crippen LogP contribution in [0.5, 0.6) is 0 Å². The van der Waals surface area contributed by atoms with Crippen molar-refractivity contribution in [3.05, 3.63) is 200 Å². The van der Waals surface area contributed by atoms with Crippen molar-refractivity contribution in [1.82, 2.24) is 15.0 Å². The van der Waals surface area contributed by atoms with E-state index in [-0.39, 0.29) is 0 Å². The Morgan fingerprint density at radius 2 is 0.733 bits per heavy atom. The van der Waals surface area contributed by atoms with Crippen LogP contribution in [0.1, 0.15) is 0 Å². The van der Waals surface area contributed by atoms with E-state index in [1.807, 2.05) is 0 Å². The van der Waals surface area contributed by atoms with Gasteiger partial charge in [0, 0.05) is 57.0 Å². The molecule has 5 heteroatoms. The van der Waals surface area contributed by atoms with Gasteiger partial charge < -0.3 is 0 Å². The lowest BCUT2D eigenvalue weighted by atomic mass is 9.91. The van der Waals surface area contributed by atoms with Crippen molar-refractivity contribution in [1.29, 1.82) is 0 Å². The van der Waals surface area contributed by atoms with Gasteiger partial charge in [-0.25, -0.2) is 15.0 Å². The Hall–Kier alpha value is -7.31. The Morgan fingerprint density at radius 1 is 0.267 bits per heavy atom. The lowest BCUT2D eigenvalue weighted by Gasteiger charge is -2.16. The van der Waals surface area contributed by atoms with E-state index in [0.717, 1.165) is 38.9 Å². The fraction of sp³-hybridized carbons (Fsp3) is 0. The van der Waals surface area contributed by atoms with E-state index in [4.69, 9.17) is 15.0 Å². The molecule has 0 aliphatic heterocycles. The van der Waals surface area contributed by atoms with E-state index in [9.17, 15) is 0 Å². The molecule has 0 bridgehead atoms. The molecule has 0 aliphatic rings. The number of nitrogens with zero attached hydrogens (tertiary/aromatic N) is 3. The molecule has 0 aliphatic carbocycles. The third-order valence-corrected chi connectivity index (χ3v) is 14.0. The number of thiophene rings is 2. The zero-order valence-corrected chi connectivity index (χ0v) is 33.8. The van der Waals surface area contributed by atoms with Crippen molar-refractivity contribution in [2.45, 2.75) is 0 Å². The molecular formula is C55H33N3S2. The number of aromatic nitrogens is 3. The van der Waals surface area contributed by atoms with Crippen LogP contribution >= 0.6 is 22.7 Å². The third-order valence-electron chi connectivity index (χ3n) is 11.6. The van der Waals surface area contributed by atoms with Crippen molar-refractivity contribution in [2.24, 2.45) is 0 Å². The molecule has 0 atom stereocenters. The van der Waals surface area contributed by atoms with Crippen molar-refractivity contribution in [3.63, 3.8) is 0 Å². The molecule has 0 amide bonds. The normalized spacial score (nSPS) is 11.7. The second kappa shape index (κ2) is 14.2. The van der Waals surface area contributed by atoms with Crippen LogP contribution in [0.2, 0.25) is 0 Å². The maximum Gasteiger partial charge on any atom is 0.165 e. The minimum atomic E-state index is 0.635. The van der Waals surface area contributed by atoms with Crippen LogP contribution in [-0.2, 0) is 0 Å². The van der Waals surface area contributed by atoms with E-state index in [1.165, 1.54) is 62.2 Å². The molecule has 3 nitrogen and oxygen atoms in total. The third kappa shape index (κ3) is 5.82. The molecule has 0 saturated heterocycles. The van der Waals surface area contributed by atoms with Crippen molar-refractivity contribution >= 4 is 73.8 Å².